The molecule has 18 heavy (non-hydrogen) atoms. The van der Waals surface area contributed by atoms with Gasteiger partial charge in [0.25, 0.3) is 0 Å². The van der Waals surface area contributed by atoms with Crippen LogP contribution in [0.15, 0.2) is 24.3 Å². The van der Waals surface area contributed by atoms with Crippen LogP contribution in [0.5, 0.6) is 0 Å². The van der Waals surface area contributed by atoms with Crippen LogP contribution in [0.3, 0.4) is 0 Å². The lowest BCUT2D eigenvalue weighted by Crippen LogP contribution is -2.29. The Morgan fingerprint density at radius 1 is 1.39 bits per heavy atom. The molecule has 0 bridgehead atoms. The first-order chi connectivity index (χ1) is 8.56. The average Bonchev–Trinajstić information content (AvgIpc) is 2.38. The molecule has 0 aromatic heterocycles. The molecule has 0 saturated heterocycles. The number of rotatable bonds is 5. The van der Waals surface area contributed by atoms with Crippen molar-refractivity contribution in [3.63, 3.8) is 0 Å². The van der Waals surface area contributed by atoms with Gasteiger partial charge in [0.15, 0.2) is 0 Å². The first-order valence-electron chi connectivity index (χ1n) is 6.06. The number of hydrogen-bond donors (Lipinski definition) is 2. The summed E-state index contributed by atoms with van der Waals surface area (Å²) in [5.74, 6) is 0.197. The lowest BCUT2D eigenvalue weighted by atomic mass is 10.0. The highest BCUT2D eigenvalue weighted by molar-refractivity contribution is 5.76. The third-order valence-electron chi connectivity index (χ3n) is 2.85. The number of nitrogens with two attached hydrogens (primary N) is 1. The Labute approximate surface area is 108 Å². The summed E-state index contributed by atoms with van der Waals surface area (Å²) in [5.41, 5.74) is 7.09. The summed E-state index contributed by atoms with van der Waals surface area (Å²) >= 11 is 0. The van der Waals surface area contributed by atoms with Crippen LogP contribution in [-0.4, -0.2) is 12.5 Å². The zero-order valence-corrected chi connectivity index (χ0v) is 10.8. The van der Waals surface area contributed by atoms with Crippen LogP contribution in [0.2, 0.25) is 0 Å². The van der Waals surface area contributed by atoms with Gasteiger partial charge in [0.05, 0.1) is 17.7 Å². The minimum absolute atomic E-state index is 0.00445. The molecular weight excluding hydrogens is 226 g/mol. The van der Waals surface area contributed by atoms with Gasteiger partial charge in [-0.15, -0.1) is 0 Å². The molecule has 0 fully saturated rings. The van der Waals surface area contributed by atoms with Gasteiger partial charge in [0, 0.05) is 6.42 Å². The monoisotopic (exact) mass is 245 g/mol. The SMILES string of the molecule is CC(CN)CC(=O)NC(C)c1ccc(C#N)cc1. The number of nitriles is 1. The minimum atomic E-state index is -0.0600. The summed E-state index contributed by atoms with van der Waals surface area (Å²) in [6.07, 6.45) is 0.442. The lowest BCUT2D eigenvalue weighted by Gasteiger charge is -2.16. The van der Waals surface area contributed by atoms with E-state index in [-0.39, 0.29) is 17.9 Å². The second-order valence-corrected chi connectivity index (χ2v) is 4.57. The maximum Gasteiger partial charge on any atom is 0.220 e. The minimum Gasteiger partial charge on any atom is -0.350 e. The number of carbonyl (C=O) groups is 1. The van der Waals surface area contributed by atoms with E-state index in [1.54, 1.807) is 12.1 Å². The van der Waals surface area contributed by atoms with Crippen LogP contribution < -0.4 is 11.1 Å². The van der Waals surface area contributed by atoms with Crippen LogP contribution in [0.25, 0.3) is 0 Å². The Morgan fingerprint density at radius 2 is 2.00 bits per heavy atom. The predicted octanol–water partition coefficient (Wildman–Crippen LogP) is 1.72. The number of carbonyl (C=O) groups excluding carboxylic acids is 1. The van der Waals surface area contributed by atoms with Crippen LogP contribution in [0.4, 0.5) is 0 Å². The molecule has 2 unspecified atom stereocenters. The van der Waals surface area contributed by atoms with Crippen LogP contribution >= 0.6 is 0 Å². The van der Waals surface area contributed by atoms with Crippen molar-refractivity contribution in [3.05, 3.63) is 35.4 Å². The van der Waals surface area contributed by atoms with E-state index >= 15 is 0 Å². The van der Waals surface area contributed by atoms with Crippen LogP contribution in [0.1, 0.15) is 37.4 Å². The zero-order valence-electron chi connectivity index (χ0n) is 10.8. The van der Waals surface area contributed by atoms with Crippen LogP contribution in [-0.2, 0) is 4.79 Å². The molecule has 1 aromatic rings. The molecule has 1 amide bonds. The average molecular weight is 245 g/mol. The summed E-state index contributed by atoms with van der Waals surface area (Å²) in [7, 11) is 0. The maximum absolute atomic E-state index is 11.7. The molecule has 4 nitrogen and oxygen atoms in total. The normalized spacial score (nSPS) is 13.4. The topological polar surface area (TPSA) is 78.9 Å². The molecule has 96 valence electrons. The molecule has 0 heterocycles. The Balaban J connectivity index is 2.56. The van der Waals surface area contributed by atoms with Gasteiger partial charge in [-0.25, -0.2) is 0 Å². The number of hydrogen-bond acceptors (Lipinski definition) is 3. The van der Waals surface area contributed by atoms with E-state index in [0.29, 0.717) is 18.5 Å². The fourth-order valence-corrected chi connectivity index (χ4v) is 1.63. The Kier molecular flexibility index (Phi) is 5.34. The third-order valence-corrected chi connectivity index (χ3v) is 2.85. The predicted molar refractivity (Wildman–Crippen MR) is 70.6 cm³/mol. The summed E-state index contributed by atoms with van der Waals surface area (Å²) in [4.78, 5) is 11.7. The molecule has 3 N–H and O–H groups in total. The fraction of sp³-hybridized carbons (Fsp3) is 0.429. The van der Waals surface area contributed by atoms with Gasteiger partial charge in [-0.3, -0.25) is 4.79 Å². The number of nitrogens with zero attached hydrogens (tertiary/aromatic N) is 1. The first-order valence-corrected chi connectivity index (χ1v) is 6.06. The third kappa shape index (κ3) is 4.19. The molecule has 0 spiro atoms. The molecule has 1 aromatic carbocycles. The quantitative estimate of drug-likeness (QED) is 0.829. The highest BCUT2D eigenvalue weighted by atomic mass is 16.1. The number of benzene rings is 1. The van der Waals surface area contributed by atoms with E-state index in [4.69, 9.17) is 11.0 Å². The molecular formula is C14H19N3O. The molecule has 1 rings (SSSR count). The standard InChI is InChI=1S/C14H19N3O/c1-10(8-15)7-14(18)17-11(2)13-5-3-12(9-16)4-6-13/h3-6,10-11H,7-8,15H2,1-2H3,(H,17,18). The van der Waals surface area contributed by atoms with Crippen molar-refractivity contribution >= 4 is 5.91 Å². The molecule has 2 atom stereocenters. The molecule has 4 heteroatoms. The van der Waals surface area contributed by atoms with Gasteiger partial charge in [-0.05, 0) is 37.1 Å². The van der Waals surface area contributed by atoms with E-state index in [0.717, 1.165) is 5.56 Å². The van der Waals surface area contributed by atoms with E-state index in [9.17, 15) is 4.79 Å². The number of amides is 1. The maximum atomic E-state index is 11.7. The van der Waals surface area contributed by atoms with Crippen molar-refractivity contribution in [1.82, 2.24) is 5.32 Å². The lowest BCUT2D eigenvalue weighted by molar-refractivity contribution is -0.122. The van der Waals surface area contributed by atoms with Gasteiger partial charge in [0.2, 0.25) is 5.91 Å². The molecule has 0 aliphatic heterocycles. The van der Waals surface area contributed by atoms with Gasteiger partial charge in [-0.1, -0.05) is 19.1 Å². The van der Waals surface area contributed by atoms with Crippen LogP contribution in [0, 0.1) is 17.2 Å². The van der Waals surface area contributed by atoms with E-state index in [2.05, 4.69) is 11.4 Å². The molecule has 0 saturated carbocycles. The van der Waals surface area contributed by atoms with E-state index in [1.165, 1.54) is 0 Å². The van der Waals surface area contributed by atoms with Crippen molar-refractivity contribution < 1.29 is 4.79 Å². The second kappa shape index (κ2) is 6.77. The number of nitrogens with one attached hydrogen (secondary N) is 1. The van der Waals surface area contributed by atoms with Crippen molar-refractivity contribution in [2.24, 2.45) is 11.7 Å². The van der Waals surface area contributed by atoms with Crippen molar-refractivity contribution in [2.45, 2.75) is 26.3 Å². The smallest absolute Gasteiger partial charge is 0.220 e. The van der Waals surface area contributed by atoms with Crippen molar-refractivity contribution in [1.29, 1.82) is 5.26 Å². The first kappa shape index (κ1) is 14.2. The fourth-order valence-electron chi connectivity index (χ4n) is 1.63. The molecule has 0 aliphatic carbocycles. The summed E-state index contributed by atoms with van der Waals surface area (Å²) in [6, 6.07) is 9.22. The van der Waals surface area contributed by atoms with E-state index < -0.39 is 0 Å². The summed E-state index contributed by atoms with van der Waals surface area (Å²) in [5, 5.41) is 11.6. The van der Waals surface area contributed by atoms with Gasteiger partial charge in [-0.2, -0.15) is 5.26 Å². The Bertz CT molecular complexity index is 433. The second-order valence-electron chi connectivity index (χ2n) is 4.57. The Hall–Kier alpha value is -1.86. The summed E-state index contributed by atoms with van der Waals surface area (Å²) < 4.78 is 0. The highest BCUT2D eigenvalue weighted by Crippen LogP contribution is 2.13. The van der Waals surface area contributed by atoms with E-state index in [1.807, 2.05) is 26.0 Å². The van der Waals surface area contributed by atoms with Gasteiger partial charge < -0.3 is 11.1 Å². The Morgan fingerprint density at radius 3 is 2.50 bits per heavy atom. The van der Waals surface area contributed by atoms with Crippen molar-refractivity contribution in [2.75, 3.05) is 6.54 Å². The summed E-state index contributed by atoms with van der Waals surface area (Å²) in [6.45, 7) is 4.39. The van der Waals surface area contributed by atoms with Crippen molar-refractivity contribution in [3.8, 4) is 6.07 Å². The van der Waals surface area contributed by atoms with Gasteiger partial charge in [0.1, 0.15) is 0 Å². The van der Waals surface area contributed by atoms with Gasteiger partial charge >= 0.3 is 0 Å². The molecule has 0 radical (unpaired) electrons. The molecule has 0 aliphatic rings. The highest BCUT2D eigenvalue weighted by Gasteiger charge is 2.11. The largest absolute Gasteiger partial charge is 0.350 e. The zero-order chi connectivity index (χ0) is 13.5.